The number of nitriles is 1. The number of hydrogen-bond acceptors (Lipinski definition) is 4. The van der Waals surface area contributed by atoms with E-state index in [9.17, 15) is 17.6 Å². The third kappa shape index (κ3) is 5.19. The number of carbonyl (C=O) groups excluding carboxylic acids is 1. The molecule has 1 amide bonds. The number of hydrogen-bond donors (Lipinski definition) is 1. The van der Waals surface area contributed by atoms with Gasteiger partial charge in [0.1, 0.15) is 5.82 Å². The molecule has 1 heterocycles. The quantitative estimate of drug-likeness (QED) is 0.785. The maximum absolute atomic E-state index is 12.9. The Kier molecular flexibility index (Phi) is 6.62. The molecule has 2 aromatic rings. The molecule has 0 radical (unpaired) electrons. The molecule has 1 aliphatic heterocycles. The molecule has 8 heteroatoms. The lowest BCUT2D eigenvalue weighted by atomic mass is 9.97. The van der Waals surface area contributed by atoms with Crippen LogP contribution in [0.2, 0.25) is 0 Å². The molecule has 1 fully saturated rings. The summed E-state index contributed by atoms with van der Waals surface area (Å²) in [6.07, 6.45) is 1.52. The van der Waals surface area contributed by atoms with Crippen molar-refractivity contribution < 1.29 is 17.6 Å². The summed E-state index contributed by atoms with van der Waals surface area (Å²) >= 11 is 0. The van der Waals surface area contributed by atoms with Gasteiger partial charge in [0.05, 0.1) is 16.5 Å². The Labute approximate surface area is 170 Å². The second-order valence-corrected chi connectivity index (χ2v) is 8.92. The molecular formula is C21H22FN3O3S. The van der Waals surface area contributed by atoms with E-state index >= 15 is 0 Å². The second-order valence-electron chi connectivity index (χ2n) is 6.98. The van der Waals surface area contributed by atoms with E-state index in [4.69, 9.17) is 5.26 Å². The van der Waals surface area contributed by atoms with Crippen LogP contribution < -0.4 is 5.32 Å². The monoisotopic (exact) mass is 415 g/mol. The molecule has 0 aliphatic carbocycles. The lowest BCUT2D eigenvalue weighted by molar-refractivity contribution is -0.126. The molecule has 1 saturated heterocycles. The van der Waals surface area contributed by atoms with Gasteiger partial charge in [-0.15, -0.1) is 0 Å². The van der Waals surface area contributed by atoms with Crippen LogP contribution in [0.3, 0.4) is 0 Å². The minimum absolute atomic E-state index is 0.0810. The predicted octanol–water partition coefficient (Wildman–Crippen LogP) is 2.46. The van der Waals surface area contributed by atoms with Crippen LogP contribution in [-0.2, 0) is 21.2 Å². The van der Waals surface area contributed by atoms with E-state index in [0.29, 0.717) is 31.4 Å². The SMILES string of the molecule is N#Cc1ccc(S(=O)(=O)N2CCC(C(=O)NCCc3ccc(F)cc3)CC2)cc1. The van der Waals surface area contributed by atoms with Crippen LogP contribution in [0.15, 0.2) is 53.4 Å². The molecule has 152 valence electrons. The van der Waals surface area contributed by atoms with E-state index in [1.807, 2.05) is 6.07 Å². The molecule has 0 unspecified atom stereocenters. The number of benzene rings is 2. The van der Waals surface area contributed by atoms with Crippen molar-refractivity contribution in [2.75, 3.05) is 19.6 Å². The number of carbonyl (C=O) groups is 1. The summed E-state index contributed by atoms with van der Waals surface area (Å²) in [5, 5.41) is 11.7. The molecule has 29 heavy (non-hydrogen) atoms. The van der Waals surface area contributed by atoms with E-state index in [2.05, 4.69) is 5.32 Å². The topological polar surface area (TPSA) is 90.3 Å². The van der Waals surface area contributed by atoms with Crippen molar-refractivity contribution in [3.63, 3.8) is 0 Å². The van der Waals surface area contributed by atoms with E-state index in [-0.39, 0.29) is 35.6 Å². The Balaban J connectivity index is 1.49. The number of sulfonamides is 1. The van der Waals surface area contributed by atoms with Crippen molar-refractivity contribution in [3.8, 4) is 6.07 Å². The summed E-state index contributed by atoms with van der Waals surface area (Å²) in [5.41, 5.74) is 1.34. The van der Waals surface area contributed by atoms with E-state index < -0.39 is 10.0 Å². The third-order valence-electron chi connectivity index (χ3n) is 5.07. The molecule has 1 N–H and O–H groups in total. The zero-order valence-corrected chi connectivity index (χ0v) is 16.7. The summed E-state index contributed by atoms with van der Waals surface area (Å²) < 4.78 is 39.8. The van der Waals surface area contributed by atoms with Gasteiger partial charge in [-0.3, -0.25) is 4.79 Å². The zero-order valence-electron chi connectivity index (χ0n) is 15.8. The molecule has 3 rings (SSSR count). The van der Waals surface area contributed by atoms with Gasteiger partial charge in [0.2, 0.25) is 15.9 Å². The predicted molar refractivity (Wildman–Crippen MR) is 106 cm³/mol. The molecule has 6 nitrogen and oxygen atoms in total. The Bertz CT molecular complexity index is 991. The molecule has 0 bridgehead atoms. The van der Waals surface area contributed by atoms with E-state index in [1.165, 1.54) is 40.7 Å². The highest BCUT2D eigenvalue weighted by atomic mass is 32.2. The first-order valence-electron chi connectivity index (χ1n) is 9.42. The van der Waals surface area contributed by atoms with Crippen LogP contribution in [0, 0.1) is 23.1 Å². The number of amides is 1. The number of nitrogens with zero attached hydrogens (tertiary/aromatic N) is 2. The number of rotatable bonds is 6. The molecule has 0 spiro atoms. The standard InChI is InChI=1S/C21H22FN3O3S/c22-19-5-1-16(2-6-19)9-12-24-21(26)18-10-13-25(14-11-18)29(27,28)20-7-3-17(15-23)4-8-20/h1-8,18H,9-14H2,(H,24,26). The average molecular weight is 415 g/mol. The first-order chi connectivity index (χ1) is 13.9. The second kappa shape index (κ2) is 9.16. The van der Waals surface area contributed by atoms with Crippen LogP contribution in [-0.4, -0.2) is 38.3 Å². The third-order valence-corrected chi connectivity index (χ3v) is 6.98. The number of nitrogens with one attached hydrogen (secondary N) is 1. The smallest absolute Gasteiger partial charge is 0.243 e. The molecule has 2 aromatic carbocycles. The first-order valence-corrected chi connectivity index (χ1v) is 10.9. The van der Waals surface area contributed by atoms with Crippen LogP contribution in [0.5, 0.6) is 0 Å². The largest absolute Gasteiger partial charge is 0.356 e. The Morgan fingerprint density at radius 1 is 1.10 bits per heavy atom. The zero-order chi connectivity index (χ0) is 20.9. The van der Waals surface area contributed by atoms with Gasteiger partial charge in [-0.25, -0.2) is 12.8 Å². The lowest BCUT2D eigenvalue weighted by Crippen LogP contribution is -2.43. The minimum Gasteiger partial charge on any atom is -0.356 e. The van der Waals surface area contributed by atoms with Crippen molar-refractivity contribution in [1.82, 2.24) is 9.62 Å². The summed E-state index contributed by atoms with van der Waals surface area (Å²) in [5.74, 6) is -0.598. The fraction of sp³-hybridized carbons (Fsp3) is 0.333. The number of halogens is 1. The molecule has 0 aromatic heterocycles. The van der Waals surface area contributed by atoms with Crippen LogP contribution in [0.1, 0.15) is 24.0 Å². The van der Waals surface area contributed by atoms with Crippen LogP contribution in [0.25, 0.3) is 0 Å². The summed E-state index contributed by atoms with van der Waals surface area (Å²) in [6, 6.07) is 13.9. The average Bonchev–Trinajstić information content (AvgIpc) is 2.75. The maximum atomic E-state index is 12.9. The van der Waals surface area contributed by atoms with Crippen molar-refractivity contribution in [3.05, 3.63) is 65.5 Å². The fourth-order valence-corrected chi connectivity index (χ4v) is 4.80. The van der Waals surface area contributed by atoms with Gasteiger partial charge in [-0.2, -0.15) is 9.57 Å². The molecule has 1 aliphatic rings. The summed E-state index contributed by atoms with van der Waals surface area (Å²) in [4.78, 5) is 12.5. The van der Waals surface area contributed by atoms with Crippen LogP contribution >= 0.6 is 0 Å². The van der Waals surface area contributed by atoms with Gasteiger partial charge in [0.25, 0.3) is 0 Å². The first kappa shape index (κ1) is 21.0. The Morgan fingerprint density at radius 2 is 1.72 bits per heavy atom. The fourth-order valence-electron chi connectivity index (χ4n) is 3.33. The summed E-state index contributed by atoms with van der Waals surface area (Å²) in [6.45, 7) is 1.00. The summed E-state index contributed by atoms with van der Waals surface area (Å²) in [7, 11) is -3.63. The number of piperidine rings is 1. The van der Waals surface area contributed by atoms with Gasteiger partial charge in [-0.1, -0.05) is 12.1 Å². The van der Waals surface area contributed by atoms with Gasteiger partial charge in [0.15, 0.2) is 0 Å². The highest BCUT2D eigenvalue weighted by molar-refractivity contribution is 7.89. The van der Waals surface area contributed by atoms with Gasteiger partial charge < -0.3 is 5.32 Å². The van der Waals surface area contributed by atoms with Crippen molar-refractivity contribution >= 4 is 15.9 Å². The molecule has 0 saturated carbocycles. The van der Waals surface area contributed by atoms with Gasteiger partial charge in [0, 0.05) is 25.6 Å². The highest BCUT2D eigenvalue weighted by Crippen LogP contribution is 2.24. The van der Waals surface area contributed by atoms with Crippen LogP contribution in [0.4, 0.5) is 4.39 Å². The van der Waals surface area contributed by atoms with Crippen molar-refractivity contribution in [1.29, 1.82) is 5.26 Å². The van der Waals surface area contributed by atoms with Crippen molar-refractivity contribution in [2.24, 2.45) is 5.92 Å². The van der Waals surface area contributed by atoms with Crippen molar-refractivity contribution in [2.45, 2.75) is 24.2 Å². The van der Waals surface area contributed by atoms with Gasteiger partial charge in [-0.05, 0) is 61.2 Å². The Hall–Kier alpha value is -2.76. The lowest BCUT2D eigenvalue weighted by Gasteiger charge is -2.30. The normalized spacial score (nSPS) is 15.6. The molecular weight excluding hydrogens is 393 g/mol. The Morgan fingerprint density at radius 3 is 2.31 bits per heavy atom. The van der Waals surface area contributed by atoms with E-state index in [0.717, 1.165) is 5.56 Å². The van der Waals surface area contributed by atoms with Gasteiger partial charge >= 0.3 is 0 Å². The minimum atomic E-state index is -3.63. The maximum Gasteiger partial charge on any atom is 0.243 e. The molecule has 0 atom stereocenters. The van der Waals surface area contributed by atoms with E-state index in [1.54, 1.807) is 12.1 Å². The highest BCUT2D eigenvalue weighted by Gasteiger charge is 2.31.